The molecule has 1 unspecified atom stereocenters. The highest BCUT2D eigenvalue weighted by Gasteiger charge is 2.29. The quantitative estimate of drug-likeness (QED) is 0.867. The Morgan fingerprint density at radius 1 is 1.09 bits per heavy atom. The molecule has 1 fully saturated rings. The molecule has 0 spiro atoms. The van der Waals surface area contributed by atoms with E-state index < -0.39 is 0 Å². The number of carbonyl (C=O) groups is 1. The Morgan fingerprint density at radius 2 is 1.83 bits per heavy atom. The van der Waals surface area contributed by atoms with Crippen LogP contribution in [0.2, 0.25) is 0 Å². The number of piperidine rings is 1. The lowest BCUT2D eigenvalue weighted by Crippen LogP contribution is -2.38. The van der Waals surface area contributed by atoms with E-state index in [-0.39, 0.29) is 12.1 Å². The van der Waals surface area contributed by atoms with Crippen molar-refractivity contribution < 1.29 is 9.53 Å². The smallest absolute Gasteiger partial charge is 0.410 e. The topological polar surface area (TPSA) is 55.6 Å². The minimum atomic E-state index is -0.240. The van der Waals surface area contributed by atoms with Crippen molar-refractivity contribution in [2.45, 2.75) is 31.9 Å². The molecule has 0 bridgehead atoms. The maximum absolute atomic E-state index is 12.5. The Balaban J connectivity index is 1.68. The van der Waals surface area contributed by atoms with Gasteiger partial charge in [-0.25, -0.2) is 4.79 Å². The summed E-state index contributed by atoms with van der Waals surface area (Å²) in [5, 5.41) is 0. The summed E-state index contributed by atoms with van der Waals surface area (Å²) in [7, 11) is 0. The zero-order chi connectivity index (χ0) is 16.1. The molecule has 1 atom stereocenters. The van der Waals surface area contributed by atoms with Crippen LogP contribution in [-0.2, 0) is 11.3 Å². The summed E-state index contributed by atoms with van der Waals surface area (Å²) in [6.45, 7) is 1.05. The third-order valence-corrected chi connectivity index (χ3v) is 4.26. The molecule has 1 heterocycles. The van der Waals surface area contributed by atoms with E-state index in [0.29, 0.717) is 6.61 Å². The highest BCUT2D eigenvalue weighted by molar-refractivity contribution is 5.68. The third kappa shape index (κ3) is 3.83. The van der Waals surface area contributed by atoms with Crippen molar-refractivity contribution >= 4 is 11.8 Å². The molecule has 0 aliphatic carbocycles. The average Bonchev–Trinajstić information content (AvgIpc) is 2.61. The molecule has 1 aliphatic heterocycles. The molecule has 0 saturated carbocycles. The number of anilines is 1. The van der Waals surface area contributed by atoms with E-state index in [1.807, 2.05) is 59.5 Å². The van der Waals surface area contributed by atoms with Gasteiger partial charge >= 0.3 is 6.09 Å². The molecule has 1 amide bonds. The average molecular weight is 310 g/mol. The first-order valence-corrected chi connectivity index (χ1v) is 8.07. The Morgan fingerprint density at radius 3 is 2.57 bits per heavy atom. The second-order valence-corrected chi connectivity index (χ2v) is 5.91. The fraction of sp³-hybridized carbons (Fsp3) is 0.316. The molecule has 4 nitrogen and oxygen atoms in total. The van der Waals surface area contributed by atoms with Crippen molar-refractivity contribution in [3.8, 4) is 0 Å². The van der Waals surface area contributed by atoms with Crippen LogP contribution in [0.1, 0.15) is 36.4 Å². The SMILES string of the molecule is Nc1ccc(C2CCCCN2C(=O)OCc2ccccc2)cc1. The summed E-state index contributed by atoms with van der Waals surface area (Å²) in [6, 6.07) is 17.6. The van der Waals surface area contributed by atoms with Crippen LogP contribution < -0.4 is 5.73 Å². The van der Waals surface area contributed by atoms with E-state index in [0.717, 1.165) is 42.6 Å². The highest BCUT2D eigenvalue weighted by atomic mass is 16.6. The van der Waals surface area contributed by atoms with Crippen LogP contribution in [0.3, 0.4) is 0 Å². The molecule has 2 aromatic carbocycles. The maximum Gasteiger partial charge on any atom is 0.410 e. The van der Waals surface area contributed by atoms with Crippen molar-refractivity contribution in [1.29, 1.82) is 0 Å². The lowest BCUT2D eigenvalue weighted by atomic mass is 9.95. The maximum atomic E-state index is 12.5. The molecule has 23 heavy (non-hydrogen) atoms. The molecule has 120 valence electrons. The molecule has 1 saturated heterocycles. The van der Waals surface area contributed by atoms with Crippen LogP contribution >= 0.6 is 0 Å². The van der Waals surface area contributed by atoms with E-state index in [9.17, 15) is 4.79 Å². The number of likely N-dealkylation sites (tertiary alicyclic amines) is 1. The summed E-state index contributed by atoms with van der Waals surface area (Å²) in [4.78, 5) is 14.3. The van der Waals surface area contributed by atoms with Gasteiger partial charge in [-0.05, 0) is 42.5 Å². The Labute approximate surface area is 136 Å². The second-order valence-electron chi connectivity index (χ2n) is 5.91. The van der Waals surface area contributed by atoms with Crippen molar-refractivity contribution in [3.63, 3.8) is 0 Å². The zero-order valence-corrected chi connectivity index (χ0v) is 13.2. The van der Waals surface area contributed by atoms with Gasteiger partial charge in [-0.1, -0.05) is 42.5 Å². The Kier molecular flexibility index (Phi) is 4.81. The lowest BCUT2D eigenvalue weighted by Gasteiger charge is -2.35. The minimum Gasteiger partial charge on any atom is -0.445 e. The van der Waals surface area contributed by atoms with Crippen LogP contribution in [0.25, 0.3) is 0 Å². The molecule has 3 rings (SSSR count). The van der Waals surface area contributed by atoms with Gasteiger partial charge in [0.05, 0.1) is 6.04 Å². The van der Waals surface area contributed by atoms with E-state index in [4.69, 9.17) is 10.5 Å². The van der Waals surface area contributed by atoms with E-state index >= 15 is 0 Å². The largest absolute Gasteiger partial charge is 0.445 e. The Bertz CT molecular complexity index is 640. The molecule has 4 heteroatoms. The van der Waals surface area contributed by atoms with Gasteiger partial charge in [-0.15, -0.1) is 0 Å². The molecule has 2 aromatic rings. The van der Waals surface area contributed by atoms with Crippen LogP contribution in [0.4, 0.5) is 10.5 Å². The minimum absolute atomic E-state index is 0.0765. The van der Waals surface area contributed by atoms with Crippen molar-refractivity contribution in [3.05, 3.63) is 65.7 Å². The molecular weight excluding hydrogens is 288 g/mol. The van der Waals surface area contributed by atoms with Gasteiger partial charge in [0.15, 0.2) is 0 Å². The Hall–Kier alpha value is -2.49. The monoisotopic (exact) mass is 310 g/mol. The molecular formula is C19H22N2O2. The number of benzene rings is 2. The van der Waals surface area contributed by atoms with Crippen LogP contribution in [-0.4, -0.2) is 17.5 Å². The van der Waals surface area contributed by atoms with E-state index in [1.165, 1.54) is 0 Å². The number of ether oxygens (including phenoxy) is 1. The molecule has 1 aliphatic rings. The predicted molar refractivity (Wildman–Crippen MR) is 90.8 cm³/mol. The standard InChI is InChI=1S/C19H22N2O2/c20-17-11-9-16(10-12-17)18-8-4-5-13-21(18)19(22)23-14-15-6-2-1-3-7-15/h1-3,6-7,9-12,18H,4-5,8,13-14,20H2. The third-order valence-electron chi connectivity index (χ3n) is 4.26. The fourth-order valence-corrected chi connectivity index (χ4v) is 3.02. The molecule has 0 aromatic heterocycles. The second kappa shape index (κ2) is 7.18. The molecule has 0 radical (unpaired) electrons. The number of amides is 1. The summed E-state index contributed by atoms with van der Waals surface area (Å²) in [6.07, 6.45) is 2.86. The first-order chi connectivity index (χ1) is 11.2. The summed E-state index contributed by atoms with van der Waals surface area (Å²) >= 11 is 0. The van der Waals surface area contributed by atoms with Crippen molar-refractivity contribution in [2.24, 2.45) is 0 Å². The molecule has 2 N–H and O–H groups in total. The number of nitrogens with zero attached hydrogens (tertiary/aromatic N) is 1. The van der Waals surface area contributed by atoms with E-state index in [2.05, 4.69) is 0 Å². The number of rotatable bonds is 3. The normalized spacial score (nSPS) is 17.7. The fourth-order valence-electron chi connectivity index (χ4n) is 3.02. The van der Waals surface area contributed by atoms with Gasteiger partial charge in [0.25, 0.3) is 0 Å². The van der Waals surface area contributed by atoms with Gasteiger partial charge < -0.3 is 15.4 Å². The number of hydrogen-bond acceptors (Lipinski definition) is 3. The zero-order valence-electron chi connectivity index (χ0n) is 13.2. The van der Waals surface area contributed by atoms with Gasteiger partial charge in [-0.2, -0.15) is 0 Å². The first kappa shape index (κ1) is 15.4. The number of hydrogen-bond donors (Lipinski definition) is 1. The van der Waals surface area contributed by atoms with Gasteiger partial charge in [0, 0.05) is 12.2 Å². The van der Waals surface area contributed by atoms with Gasteiger partial charge in [0.2, 0.25) is 0 Å². The number of nitrogens with two attached hydrogens (primary N) is 1. The van der Waals surface area contributed by atoms with Gasteiger partial charge in [-0.3, -0.25) is 0 Å². The summed E-state index contributed by atoms with van der Waals surface area (Å²) in [5.41, 5.74) is 8.62. The van der Waals surface area contributed by atoms with Crippen molar-refractivity contribution in [2.75, 3.05) is 12.3 Å². The number of carbonyl (C=O) groups excluding carboxylic acids is 1. The summed E-state index contributed by atoms with van der Waals surface area (Å²) in [5.74, 6) is 0. The van der Waals surface area contributed by atoms with Crippen LogP contribution in [0, 0.1) is 0 Å². The predicted octanol–water partition coefficient (Wildman–Crippen LogP) is 4.13. The van der Waals surface area contributed by atoms with E-state index in [1.54, 1.807) is 0 Å². The lowest BCUT2D eigenvalue weighted by molar-refractivity contribution is 0.0679. The summed E-state index contributed by atoms with van der Waals surface area (Å²) < 4.78 is 5.51. The number of nitrogen functional groups attached to an aromatic ring is 1. The first-order valence-electron chi connectivity index (χ1n) is 8.07. The van der Waals surface area contributed by atoms with Crippen LogP contribution in [0.15, 0.2) is 54.6 Å². The highest BCUT2D eigenvalue weighted by Crippen LogP contribution is 2.31. The van der Waals surface area contributed by atoms with Crippen LogP contribution in [0.5, 0.6) is 0 Å². The van der Waals surface area contributed by atoms with Gasteiger partial charge in [0.1, 0.15) is 6.61 Å². The van der Waals surface area contributed by atoms with Crippen molar-refractivity contribution in [1.82, 2.24) is 4.90 Å².